The molecule has 3 aromatic rings. The smallest absolute Gasteiger partial charge is 0.331 e. The average molecular weight is 565 g/mol. The van der Waals surface area contributed by atoms with Crippen LogP contribution in [-0.2, 0) is 62.6 Å². The molecule has 1 aliphatic rings. The normalized spacial score (nSPS) is 22.1. The van der Waals surface area contributed by atoms with Gasteiger partial charge in [0.15, 0.2) is 6.29 Å². The maximum absolute atomic E-state index is 12.0. The Bertz CT molecular complexity index is 1190. The number of ether oxygens (including phenoxy) is 7. The third-order valence-corrected chi connectivity index (χ3v) is 6.49. The monoisotopic (exact) mass is 564 g/mol. The van der Waals surface area contributed by atoms with Gasteiger partial charge >= 0.3 is 11.9 Å². The quantitative estimate of drug-likeness (QED) is 0.267. The van der Waals surface area contributed by atoms with Crippen molar-refractivity contribution in [1.82, 2.24) is 0 Å². The van der Waals surface area contributed by atoms with Crippen molar-refractivity contribution in [1.29, 1.82) is 0 Å². The largest absolute Gasteiger partial charge is 0.467 e. The summed E-state index contributed by atoms with van der Waals surface area (Å²) in [6, 6.07) is 29.1. The van der Waals surface area contributed by atoms with E-state index >= 15 is 0 Å². The highest BCUT2D eigenvalue weighted by Crippen LogP contribution is 2.31. The lowest BCUT2D eigenvalue weighted by molar-refractivity contribution is -0.326. The van der Waals surface area contributed by atoms with Crippen LogP contribution < -0.4 is 0 Å². The van der Waals surface area contributed by atoms with Crippen LogP contribution in [0.3, 0.4) is 0 Å². The summed E-state index contributed by atoms with van der Waals surface area (Å²) < 4.78 is 41.6. The number of carbonyl (C=O) groups is 2. The number of hydrogen-bond acceptors (Lipinski definition) is 9. The molecule has 9 nitrogen and oxygen atoms in total. The minimum Gasteiger partial charge on any atom is -0.467 e. The molecule has 0 saturated carbocycles. The van der Waals surface area contributed by atoms with Crippen molar-refractivity contribution in [2.45, 2.75) is 57.5 Å². The third kappa shape index (κ3) is 9.48. The van der Waals surface area contributed by atoms with Crippen molar-refractivity contribution in [3.8, 4) is 0 Å². The van der Waals surface area contributed by atoms with E-state index in [1.165, 1.54) is 14.0 Å². The van der Waals surface area contributed by atoms with Crippen LogP contribution in [0, 0.1) is 0 Å². The third-order valence-electron chi connectivity index (χ3n) is 6.49. The molecule has 3 unspecified atom stereocenters. The first-order chi connectivity index (χ1) is 20.0. The van der Waals surface area contributed by atoms with Crippen LogP contribution in [0.4, 0.5) is 0 Å². The Kier molecular flexibility index (Phi) is 11.8. The van der Waals surface area contributed by atoms with Gasteiger partial charge in [0.25, 0.3) is 0 Å². The van der Waals surface area contributed by atoms with Gasteiger partial charge in [-0.3, -0.25) is 4.79 Å². The predicted octanol–water partition coefficient (Wildman–Crippen LogP) is 4.22. The molecule has 1 heterocycles. The van der Waals surface area contributed by atoms with Crippen LogP contribution in [0.2, 0.25) is 0 Å². The second-order valence-corrected chi connectivity index (χ2v) is 9.52. The molecule has 0 spiro atoms. The highest BCUT2D eigenvalue weighted by Gasteiger charge is 2.49. The fraction of sp³-hybridized carbons (Fsp3) is 0.375. The lowest BCUT2D eigenvalue weighted by atomic mass is 9.97. The van der Waals surface area contributed by atoms with E-state index < -0.39 is 42.6 Å². The number of esters is 2. The van der Waals surface area contributed by atoms with Crippen molar-refractivity contribution < 1.29 is 42.7 Å². The summed E-state index contributed by atoms with van der Waals surface area (Å²) in [7, 11) is 1.28. The molecule has 1 aliphatic heterocycles. The van der Waals surface area contributed by atoms with Crippen molar-refractivity contribution >= 4 is 11.9 Å². The first-order valence-corrected chi connectivity index (χ1v) is 13.5. The van der Waals surface area contributed by atoms with Gasteiger partial charge in [-0.2, -0.15) is 0 Å². The Morgan fingerprint density at radius 1 is 0.659 bits per heavy atom. The van der Waals surface area contributed by atoms with Gasteiger partial charge in [-0.1, -0.05) is 91.0 Å². The van der Waals surface area contributed by atoms with E-state index in [1.54, 1.807) is 0 Å². The van der Waals surface area contributed by atoms with E-state index in [2.05, 4.69) is 0 Å². The number of hydrogen-bond donors (Lipinski definition) is 0. The fourth-order valence-corrected chi connectivity index (χ4v) is 4.42. The molecule has 0 N–H and O–H groups in total. The molecule has 0 radical (unpaired) electrons. The summed E-state index contributed by atoms with van der Waals surface area (Å²) in [6.07, 6.45) is -4.06. The molecule has 4 rings (SSSR count). The summed E-state index contributed by atoms with van der Waals surface area (Å²) in [5.41, 5.74) is 2.84. The van der Waals surface area contributed by atoms with Gasteiger partial charge in [0, 0.05) is 6.92 Å². The average Bonchev–Trinajstić information content (AvgIpc) is 3.01. The van der Waals surface area contributed by atoms with Crippen LogP contribution >= 0.6 is 0 Å². The van der Waals surface area contributed by atoms with Gasteiger partial charge in [0.1, 0.15) is 37.6 Å². The van der Waals surface area contributed by atoms with Gasteiger partial charge in [-0.15, -0.1) is 0 Å². The maximum atomic E-state index is 12.0. The molecule has 218 valence electrons. The highest BCUT2D eigenvalue weighted by molar-refractivity contribution is 5.70. The van der Waals surface area contributed by atoms with Crippen LogP contribution in [0.5, 0.6) is 0 Å². The molecule has 41 heavy (non-hydrogen) atoms. The summed E-state index contributed by atoms with van der Waals surface area (Å²) in [4.78, 5) is 23.7. The Balaban J connectivity index is 1.65. The molecule has 0 aromatic heterocycles. The number of rotatable bonds is 14. The molecule has 0 bridgehead atoms. The second-order valence-electron chi connectivity index (χ2n) is 9.52. The molecular formula is C32H36O9. The second kappa shape index (κ2) is 16.0. The molecule has 1 fully saturated rings. The van der Waals surface area contributed by atoms with E-state index in [4.69, 9.17) is 33.2 Å². The fourth-order valence-electron chi connectivity index (χ4n) is 4.42. The zero-order chi connectivity index (χ0) is 28.9. The van der Waals surface area contributed by atoms with Crippen molar-refractivity contribution in [3.63, 3.8) is 0 Å². The van der Waals surface area contributed by atoms with E-state index in [1.807, 2.05) is 91.0 Å². The first-order valence-electron chi connectivity index (χ1n) is 13.5. The Hall–Kier alpha value is -3.60. The van der Waals surface area contributed by atoms with Crippen LogP contribution in [0.1, 0.15) is 23.6 Å². The van der Waals surface area contributed by atoms with Crippen molar-refractivity contribution in [2.75, 3.05) is 20.3 Å². The van der Waals surface area contributed by atoms with Gasteiger partial charge in [0.2, 0.25) is 0 Å². The maximum Gasteiger partial charge on any atom is 0.331 e. The molecular weight excluding hydrogens is 528 g/mol. The highest BCUT2D eigenvalue weighted by atomic mass is 16.7. The molecule has 5 atom stereocenters. The lowest BCUT2D eigenvalue weighted by Gasteiger charge is -2.45. The van der Waals surface area contributed by atoms with E-state index in [-0.39, 0.29) is 33.0 Å². The molecule has 0 amide bonds. The summed E-state index contributed by atoms with van der Waals surface area (Å²) >= 11 is 0. The van der Waals surface area contributed by atoms with E-state index in [0.717, 1.165) is 16.7 Å². The van der Waals surface area contributed by atoms with Crippen LogP contribution in [0.15, 0.2) is 91.0 Å². The number of methoxy groups -OCH3 is 1. The van der Waals surface area contributed by atoms with Crippen molar-refractivity contribution in [2.24, 2.45) is 0 Å². The van der Waals surface area contributed by atoms with Gasteiger partial charge in [-0.05, 0) is 16.7 Å². The van der Waals surface area contributed by atoms with Gasteiger partial charge in [-0.25, -0.2) is 4.79 Å². The summed E-state index contributed by atoms with van der Waals surface area (Å²) in [5.74, 6) is -1.04. The Morgan fingerprint density at radius 2 is 1.12 bits per heavy atom. The molecule has 9 heteroatoms. The zero-order valence-corrected chi connectivity index (χ0v) is 23.3. The molecule has 0 aliphatic carbocycles. The van der Waals surface area contributed by atoms with E-state index in [0.29, 0.717) is 0 Å². The van der Waals surface area contributed by atoms with Crippen LogP contribution in [-0.4, -0.2) is 63.0 Å². The number of benzene rings is 3. The SMILES string of the molecule is COC(=O)CO[C@@H]1OC(COC(C)=O)[C@H](OCc2ccccc2)C(OCc2ccccc2)C1OCc1ccccc1. The summed E-state index contributed by atoms with van der Waals surface area (Å²) in [6.45, 7) is 1.60. The Morgan fingerprint density at radius 3 is 1.59 bits per heavy atom. The summed E-state index contributed by atoms with van der Waals surface area (Å²) in [5, 5.41) is 0. The van der Waals surface area contributed by atoms with Gasteiger partial charge < -0.3 is 33.2 Å². The zero-order valence-electron chi connectivity index (χ0n) is 23.3. The predicted molar refractivity (Wildman–Crippen MR) is 148 cm³/mol. The van der Waals surface area contributed by atoms with E-state index in [9.17, 15) is 9.59 Å². The minimum atomic E-state index is -1.05. The first kappa shape index (κ1) is 30.4. The topological polar surface area (TPSA) is 98.8 Å². The van der Waals surface area contributed by atoms with Gasteiger partial charge in [0.05, 0.1) is 26.9 Å². The molecule has 3 aromatic carbocycles. The lowest BCUT2D eigenvalue weighted by Crippen LogP contribution is -2.62. The minimum absolute atomic E-state index is 0.108. The van der Waals surface area contributed by atoms with Crippen molar-refractivity contribution in [3.05, 3.63) is 108 Å². The molecule has 1 saturated heterocycles. The number of carbonyl (C=O) groups excluding carboxylic acids is 2. The Labute approximate surface area is 240 Å². The standard InChI is InChI=1S/C32H36O9/c1-23(33)36-21-27-29(37-18-24-12-6-3-7-13-24)30(38-19-25-14-8-4-9-15-25)31(32(41-27)40-22-28(34)35-2)39-20-26-16-10-5-11-17-26/h3-17,27,29-32H,18-22H2,1-2H3/t27?,29-,30?,31?,32+/m0/s1. The van der Waals surface area contributed by atoms with Crippen LogP contribution in [0.25, 0.3) is 0 Å².